The van der Waals surface area contributed by atoms with Gasteiger partial charge in [-0.3, -0.25) is 0 Å². The lowest BCUT2D eigenvalue weighted by atomic mass is 10.2. The summed E-state index contributed by atoms with van der Waals surface area (Å²) in [5.74, 6) is 0.402. The van der Waals surface area contributed by atoms with E-state index in [1.807, 2.05) is 42.5 Å². The molecule has 1 N–H and O–H groups in total. The van der Waals surface area contributed by atoms with Crippen LogP contribution < -0.4 is 9.47 Å². The van der Waals surface area contributed by atoms with Crippen LogP contribution in [0.3, 0.4) is 0 Å². The predicted molar refractivity (Wildman–Crippen MR) is 96.7 cm³/mol. The molecule has 0 fully saturated rings. The molecule has 25 heavy (non-hydrogen) atoms. The lowest BCUT2D eigenvalue weighted by Gasteiger charge is -2.10. The van der Waals surface area contributed by atoms with Crippen molar-refractivity contribution < 1.29 is 19.4 Å². The quantitative estimate of drug-likeness (QED) is 0.663. The Morgan fingerprint density at radius 1 is 1.24 bits per heavy atom. The molecule has 0 bridgehead atoms. The van der Waals surface area contributed by atoms with Crippen molar-refractivity contribution in [1.82, 2.24) is 4.57 Å². The minimum atomic E-state index is -0.978. The monoisotopic (exact) mass is 337 g/mol. The molecule has 0 aliphatic heterocycles. The van der Waals surface area contributed by atoms with Crippen molar-refractivity contribution in [3.63, 3.8) is 0 Å². The van der Waals surface area contributed by atoms with Gasteiger partial charge in [0.25, 0.3) is 0 Å². The van der Waals surface area contributed by atoms with Gasteiger partial charge in [-0.2, -0.15) is 0 Å². The number of hydrogen-bond donors (Lipinski definition) is 1. The fourth-order valence-electron chi connectivity index (χ4n) is 2.83. The molecule has 0 aliphatic carbocycles. The van der Waals surface area contributed by atoms with Gasteiger partial charge in [0.1, 0.15) is 23.8 Å². The van der Waals surface area contributed by atoms with E-state index in [0.29, 0.717) is 18.9 Å². The average Bonchev–Trinajstić information content (AvgIpc) is 2.99. The number of carboxylic acid groups (broad SMARTS) is 1. The number of aromatic nitrogens is 1. The SMILES string of the molecule is C=CCOc1cccc2c1cc(C(=O)O)n2Cc1cccc(OC)c1. The first kappa shape index (κ1) is 16.6. The molecule has 128 valence electrons. The van der Waals surface area contributed by atoms with Crippen molar-refractivity contribution >= 4 is 16.9 Å². The minimum absolute atomic E-state index is 0.215. The zero-order valence-corrected chi connectivity index (χ0v) is 13.9. The van der Waals surface area contributed by atoms with E-state index in [4.69, 9.17) is 9.47 Å². The van der Waals surface area contributed by atoms with Crippen LogP contribution in [0.25, 0.3) is 10.9 Å². The molecule has 0 atom stereocenters. The Hall–Kier alpha value is -3.21. The summed E-state index contributed by atoms with van der Waals surface area (Å²) in [6, 6.07) is 14.8. The van der Waals surface area contributed by atoms with Crippen LogP contribution in [0.15, 0.2) is 61.2 Å². The molecule has 0 spiro atoms. The maximum Gasteiger partial charge on any atom is 0.352 e. The van der Waals surface area contributed by atoms with Gasteiger partial charge in [0.15, 0.2) is 0 Å². The highest BCUT2D eigenvalue weighted by Crippen LogP contribution is 2.30. The molecule has 0 radical (unpaired) electrons. The number of hydrogen-bond acceptors (Lipinski definition) is 3. The fourth-order valence-corrected chi connectivity index (χ4v) is 2.83. The predicted octanol–water partition coefficient (Wildman–Crippen LogP) is 3.96. The molecule has 0 saturated carbocycles. The number of benzene rings is 2. The molecule has 0 saturated heterocycles. The van der Waals surface area contributed by atoms with Crippen LogP contribution in [-0.2, 0) is 6.54 Å². The number of carboxylic acids is 1. The third-order valence-corrected chi connectivity index (χ3v) is 3.96. The van der Waals surface area contributed by atoms with Gasteiger partial charge in [-0.25, -0.2) is 4.79 Å². The molecule has 5 nitrogen and oxygen atoms in total. The Morgan fingerprint density at radius 3 is 2.76 bits per heavy atom. The van der Waals surface area contributed by atoms with Crippen LogP contribution in [0, 0.1) is 0 Å². The summed E-state index contributed by atoms with van der Waals surface area (Å²) in [7, 11) is 1.61. The lowest BCUT2D eigenvalue weighted by molar-refractivity contribution is 0.0686. The number of fused-ring (bicyclic) bond motifs is 1. The van der Waals surface area contributed by atoms with Crippen molar-refractivity contribution in [3.8, 4) is 11.5 Å². The highest BCUT2D eigenvalue weighted by atomic mass is 16.5. The van der Waals surface area contributed by atoms with Crippen LogP contribution in [-0.4, -0.2) is 29.4 Å². The van der Waals surface area contributed by atoms with Gasteiger partial charge >= 0.3 is 5.97 Å². The zero-order chi connectivity index (χ0) is 17.8. The maximum atomic E-state index is 11.7. The van der Waals surface area contributed by atoms with E-state index in [1.165, 1.54) is 0 Å². The summed E-state index contributed by atoms with van der Waals surface area (Å²) in [5.41, 5.74) is 1.98. The van der Waals surface area contributed by atoms with Crippen molar-refractivity contribution in [2.45, 2.75) is 6.54 Å². The molecular weight excluding hydrogens is 318 g/mol. The molecule has 5 heteroatoms. The third-order valence-electron chi connectivity index (χ3n) is 3.96. The average molecular weight is 337 g/mol. The number of nitrogens with zero attached hydrogens (tertiary/aromatic N) is 1. The zero-order valence-electron chi connectivity index (χ0n) is 13.9. The second-order valence-electron chi connectivity index (χ2n) is 5.56. The van der Waals surface area contributed by atoms with Crippen molar-refractivity contribution in [3.05, 3.63) is 72.4 Å². The van der Waals surface area contributed by atoms with Gasteiger partial charge in [0.05, 0.1) is 12.6 Å². The van der Waals surface area contributed by atoms with Crippen molar-refractivity contribution in [1.29, 1.82) is 0 Å². The van der Waals surface area contributed by atoms with Crippen molar-refractivity contribution in [2.24, 2.45) is 0 Å². The van der Waals surface area contributed by atoms with Crippen LogP contribution in [0.2, 0.25) is 0 Å². The van der Waals surface area contributed by atoms with Crippen LogP contribution in [0.5, 0.6) is 11.5 Å². The van der Waals surface area contributed by atoms with Crippen molar-refractivity contribution in [2.75, 3.05) is 13.7 Å². The molecule has 1 heterocycles. The number of rotatable bonds is 7. The maximum absolute atomic E-state index is 11.7. The van der Waals surface area contributed by atoms with E-state index in [9.17, 15) is 9.90 Å². The van der Waals surface area contributed by atoms with Gasteiger partial charge in [0, 0.05) is 11.9 Å². The standard InChI is InChI=1S/C20H19NO4/c1-3-10-25-19-9-5-8-17-16(19)12-18(20(22)23)21(17)13-14-6-4-7-15(11-14)24-2/h3-9,11-12H,1,10,13H2,2H3,(H,22,23). The molecule has 0 aliphatic rings. The Morgan fingerprint density at radius 2 is 2.04 bits per heavy atom. The highest BCUT2D eigenvalue weighted by molar-refractivity contribution is 5.97. The smallest absolute Gasteiger partial charge is 0.352 e. The fraction of sp³-hybridized carbons (Fsp3) is 0.150. The first-order chi connectivity index (χ1) is 12.1. The normalized spacial score (nSPS) is 10.6. The summed E-state index contributed by atoms with van der Waals surface area (Å²) in [6.07, 6.45) is 1.66. The molecular formula is C20H19NO4. The second kappa shape index (κ2) is 7.13. The summed E-state index contributed by atoms with van der Waals surface area (Å²) in [6.45, 7) is 4.43. The molecule has 1 aromatic heterocycles. The lowest BCUT2D eigenvalue weighted by Crippen LogP contribution is -2.09. The van der Waals surface area contributed by atoms with Gasteiger partial charge in [-0.1, -0.05) is 30.9 Å². The van der Waals surface area contributed by atoms with E-state index < -0.39 is 5.97 Å². The first-order valence-corrected chi connectivity index (χ1v) is 7.86. The van der Waals surface area contributed by atoms with E-state index in [-0.39, 0.29) is 5.69 Å². The van der Waals surface area contributed by atoms with Crippen LogP contribution >= 0.6 is 0 Å². The molecule has 2 aromatic carbocycles. The first-order valence-electron chi connectivity index (χ1n) is 7.86. The molecule has 3 aromatic rings. The highest BCUT2D eigenvalue weighted by Gasteiger charge is 2.17. The molecule has 3 rings (SSSR count). The summed E-state index contributed by atoms with van der Waals surface area (Å²) >= 11 is 0. The number of aromatic carboxylic acids is 1. The summed E-state index contributed by atoms with van der Waals surface area (Å²) < 4.78 is 12.7. The Balaban J connectivity index is 2.10. The number of methoxy groups -OCH3 is 1. The third kappa shape index (κ3) is 3.35. The second-order valence-corrected chi connectivity index (χ2v) is 5.56. The van der Waals surface area contributed by atoms with Gasteiger partial charge in [-0.05, 0) is 35.9 Å². The minimum Gasteiger partial charge on any atom is -0.497 e. The Kier molecular flexibility index (Phi) is 4.75. The Bertz CT molecular complexity index is 927. The van der Waals surface area contributed by atoms with Gasteiger partial charge in [-0.15, -0.1) is 0 Å². The largest absolute Gasteiger partial charge is 0.497 e. The molecule has 0 unspecified atom stereocenters. The summed E-state index contributed by atoms with van der Waals surface area (Å²) in [5, 5.41) is 10.4. The summed E-state index contributed by atoms with van der Waals surface area (Å²) in [4.78, 5) is 11.7. The molecule has 0 amide bonds. The van der Waals surface area contributed by atoms with E-state index >= 15 is 0 Å². The topological polar surface area (TPSA) is 60.7 Å². The number of ether oxygens (including phenoxy) is 2. The van der Waals surface area contributed by atoms with Gasteiger partial charge in [0.2, 0.25) is 0 Å². The van der Waals surface area contributed by atoms with Gasteiger partial charge < -0.3 is 19.1 Å². The van der Waals surface area contributed by atoms with Crippen LogP contribution in [0.4, 0.5) is 0 Å². The van der Waals surface area contributed by atoms with E-state index in [1.54, 1.807) is 23.8 Å². The Labute approximate surface area is 145 Å². The number of carbonyl (C=O) groups is 1. The van der Waals surface area contributed by atoms with E-state index in [2.05, 4.69) is 6.58 Å². The van der Waals surface area contributed by atoms with E-state index in [0.717, 1.165) is 22.2 Å². The van der Waals surface area contributed by atoms with Crippen LogP contribution in [0.1, 0.15) is 16.1 Å².